The number of carbonyl (C=O) groups is 1. The number of nitrogens with one attached hydrogen (secondary N) is 1. The molecule has 0 spiro atoms. The molecule has 0 radical (unpaired) electrons. The van der Waals surface area contributed by atoms with Gasteiger partial charge in [0.25, 0.3) is 0 Å². The highest BCUT2D eigenvalue weighted by Crippen LogP contribution is 2.12. The van der Waals surface area contributed by atoms with E-state index < -0.39 is 6.10 Å². The van der Waals surface area contributed by atoms with Crippen LogP contribution in [0.2, 0.25) is 0 Å². The van der Waals surface area contributed by atoms with Crippen molar-refractivity contribution in [1.82, 2.24) is 5.32 Å². The van der Waals surface area contributed by atoms with E-state index in [9.17, 15) is 9.90 Å². The number of amides is 1. The largest absolute Gasteiger partial charge is 0.391 e. The second kappa shape index (κ2) is 7.34. The normalized spacial score (nSPS) is 12.9. The van der Waals surface area contributed by atoms with E-state index in [1.165, 1.54) is 6.08 Å². The molecular formula is C14H18BrNO2. The molecule has 0 aliphatic carbocycles. The van der Waals surface area contributed by atoms with Gasteiger partial charge in [0.05, 0.1) is 6.10 Å². The second-order valence-electron chi connectivity index (χ2n) is 4.44. The SMILES string of the molecule is CC(C)C(O)CNC(=O)/C=C/c1cccc(Br)c1. The number of rotatable bonds is 5. The molecule has 0 aromatic heterocycles. The Morgan fingerprint density at radius 1 is 1.50 bits per heavy atom. The lowest BCUT2D eigenvalue weighted by atomic mass is 10.1. The van der Waals surface area contributed by atoms with Crippen molar-refractivity contribution in [2.75, 3.05) is 6.54 Å². The minimum atomic E-state index is -0.506. The molecule has 1 aromatic carbocycles. The molecule has 1 amide bonds. The standard InChI is InChI=1S/C14H18BrNO2/c1-10(2)13(17)9-16-14(18)7-6-11-4-3-5-12(15)8-11/h3-8,10,13,17H,9H2,1-2H3,(H,16,18)/b7-6+. The first-order valence-electron chi connectivity index (χ1n) is 5.88. The van der Waals surface area contributed by atoms with Gasteiger partial charge in [-0.1, -0.05) is 41.9 Å². The molecule has 1 unspecified atom stereocenters. The van der Waals surface area contributed by atoms with Gasteiger partial charge in [-0.15, -0.1) is 0 Å². The first-order valence-corrected chi connectivity index (χ1v) is 6.68. The Labute approximate surface area is 116 Å². The van der Waals surface area contributed by atoms with Crippen molar-refractivity contribution in [3.8, 4) is 0 Å². The molecule has 0 bridgehead atoms. The molecule has 0 aliphatic heterocycles. The highest BCUT2D eigenvalue weighted by Gasteiger charge is 2.09. The van der Waals surface area contributed by atoms with Crippen LogP contribution in [0.25, 0.3) is 6.08 Å². The summed E-state index contributed by atoms with van der Waals surface area (Å²) in [6.07, 6.45) is 2.70. The molecule has 1 rings (SSSR count). The van der Waals surface area contributed by atoms with Gasteiger partial charge in [-0.05, 0) is 29.7 Å². The number of hydrogen-bond acceptors (Lipinski definition) is 2. The molecule has 98 valence electrons. The monoisotopic (exact) mass is 311 g/mol. The van der Waals surface area contributed by atoms with Crippen molar-refractivity contribution in [3.05, 3.63) is 40.4 Å². The Kier molecular flexibility index (Phi) is 6.09. The number of halogens is 1. The van der Waals surface area contributed by atoms with Crippen molar-refractivity contribution in [2.24, 2.45) is 5.92 Å². The highest BCUT2D eigenvalue weighted by atomic mass is 79.9. The van der Waals surface area contributed by atoms with E-state index in [0.29, 0.717) is 0 Å². The summed E-state index contributed by atoms with van der Waals surface area (Å²) in [5, 5.41) is 12.2. The smallest absolute Gasteiger partial charge is 0.244 e. The van der Waals surface area contributed by atoms with E-state index >= 15 is 0 Å². The average molecular weight is 312 g/mol. The lowest BCUT2D eigenvalue weighted by Crippen LogP contribution is -2.33. The summed E-state index contributed by atoms with van der Waals surface area (Å²) in [4.78, 5) is 11.5. The van der Waals surface area contributed by atoms with Crippen LogP contribution < -0.4 is 5.32 Å². The third kappa shape index (κ3) is 5.47. The number of aliphatic hydroxyl groups excluding tert-OH is 1. The lowest BCUT2D eigenvalue weighted by Gasteiger charge is -2.13. The van der Waals surface area contributed by atoms with E-state index in [1.807, 2.05) is 38.1 Å². The minimum Gasteiger partial charge on any atom is -0.391 e. The third-order valence-electron chi connectivity index (χ3n) is 2.53. The van der Waals surface area contributed by atoms with E-state index in [-0.39, 0.29) is 18.4 Å². The van der Waals surface area contributed by atoms with Crippen LogP contribution in [0.1, 0.15) is 19.4 Å². The average Bonchev–Trinajstić information content (AvgIpc) is 2.33. The van der Waals surface area contributed by atoms with Crippen molar-refractivity contribution in [3.63, 3.8) is 0 Å². The second-order valence-corrected chi connectivity index (χ2v) is 5.36. The van der Waals surface area contributed by atoms with Crippen LogP contribution in [-0.2, 0) is 4.79 Å². The summed E-state index contributed by atoms with van der Waals surface area (Å²) in [6.45, 7) is 4.10. The molecule has 1 atom stereocenters. The van der Waals surface area contributed by atoms with E-state index in [1.54, 1.807) is 6.08 Å². The summed E-state index contributed by atoms with van der Waals surface area (Å²) in [7, 11) is 0. The molecular weight excluding hydrogens is 294 g/mol. The van der Waals surface area contributed by atoms with Crippen LogP contribution in [0.3, 0.4) is 0 Å². The zero-order chi connectivity index (χ0) is 13.5. The Morgan fingerprint density at radius 3 is 2.83 bits per heavy atom. The van der Waals surface area contributed by atoms with Gasteiger partial charge in [0.1, 0.15) is 0 Å². The zero-order valence-electron chi connectivity index (χ0n) is 10.6. The molecule has 0 saturated carbocycles. The van der Waals surface area contributed by atoms with Gasteiger partial charge >= 0.3 is 0 Å². The quantitative estimate of drug-likeness (QED) is 0.821. The molecule has 0 fully saturated rings. The number of hydrogen-bond donors (Lipinski definition) is 2. The fourth-order valence-electron chi connectivity index (χ4n) is 1.28. The lowest BCUT2D eigenvalue weighted by molar-refractivity contribution is -0.117. The Morgan fingerprint density at radius 2 is 2.22 bits per heavy atom. The third-order valence-corrected chi connectivity index (χ3v) is 3.02. The summed E-state index contributed by atoms with van der Waals surface area (Å²) >= 11 is 3.37. The maximum atomic E-state index is 11.5. The van der Waals surface area contributed by atoms with Gasteiger partial charge in [0.2, 0.25) is 5.91 Å². The maximum Gasteiger partial charge on any atom is 0.244 e. The van der Waals surface area contributed by atoms with Gasteiger partial charge in [-0.25, -0.2) is 0 Å². The zero-order valence-corrected chi connectivity index (χ0v) is 12.1. The number of aliphatic hydroxyl groups is 1. The minimum absolute atomic E-state index is 0.138. The van der Waals surface area contributed by atoms with Crippen LogP contribution >= 0.6 is 15.9 Å². The highest BCUT2D eigenvalue weighted by molar-refractivity contribution is 9.10. The summed E-state index contributed by atoms with van der Waals surface area (Å²) in [5.74, 6) is -0.0611. The molecule has 0 saturated heterocycles. The Hall–Kier alpha value is -1.13. The van der Waals surface area contributed by atoms with Crippen LogP contribution in [-0.4, -0.2) is 23.7 Å². The molecule has 2 N–H and O–H groups in total. The van der Waals surface area contributed by atoms with Gasteiger partial charge in [0, 0.05) is 17.1 Å². The molecule has 0 aliphatic rings. The topological polar surface area (TPSA) is 49.3 Å². The van der Waals surface area contributed by atoms with E-state index in [2.05, 4.69) is 21.2 Å². The van der Waals surface area contributed by atoms with Gasteiger partial charge in [0.15, 0.2) is 0 Å². The molecule has 4 heteroatoms. The van der Waals surface area contributed by atoms with Crippen molar-refractivity contribution < 1.29 is 9.90 Å². The number of carbonyl (C=O) groups excluding carboxylic acids is 1. The summed E-state index contributed by atoms with van der Waals surface area (Å²) in [6, 6.07) is 7.67. The van der Waals surface area contributed by atoms with Crippen LogP contribution in [0.5, 0.6) is 0 Å². The Bertz CT molecular complexity index is 430. The fraction of sp³-hybridized carbons (Fsp3) is 0.357. The van der Waals surface area contributed by atoms with E-state index in [0.717, 1.165) is 10.0 Å². The number of benzene rings is 1. The predicted octanol–water partition coefficient (Wildman–Crippen LogP) is 2.60. The molecule has 3 nitrogen and oxygen atoms in total. The summed E-state index contributed by atoms with van der Waals surface area (Å²) in [5.41, 5.74) is 0.948. The van der Waals surface area contributed by atoms with Crippen molar-refractivity contribution in [2.45, 2.75) is 20.0 Å². The van der Waals surface area contributed by atoms with Gasteiger partial charge < -0.3 is 10.4 Å². The Balaban J connectivity index is 2.45. The van der Waals surface area contributed by atoms with E-state index in [4.69, 9.17) is 0 Å². The molecule has 18 heavy (non-hydrogen) atoms. The van der Waals surface area contributed by atoms with Gasteiger partial charge in [-0.2, -0.15) is 0 Å². The van der Waals surface area contributed by atoms with Crippen molar-refractivity contribution in [1.29, 1.82) is 0 Å². The van der Waals surface area contributed by atoms with Gasteiger partial charge in [-0.3, -0.25) is 4.79 Å². The summed E-state index contributed by atoms with van der Waals surface area (Å²) < 4.78 is 0.972. The van der Waals surface area contributed by atoms with Crippen LogP contribution in [0.4, 0.5) is 0 Å². The predicted molar refractivity (Wildman–Crippen MR) is 77.0 cm³/mol. The fourth-order valence-corrected chi connectivity index (χ4v) is 1.70. The van der Waals surface area contributed by atoms with Crippen molar-refractivity contribution >= 4 is 27.9 Å². The first kappa shape index (κ1) is 14.9. The molecule has 0 heterocycles. The molecule has 1 aromatic rings. The maximum absolute atomic E-state index is 11.5. The first-order chi connectivity index (χ1) is 8.49. The van der Waals surface area contributed by atoms with Crippen LogP contribution in [0.15, 0.2) is 34.8 Å². The van der Waals surface area contributed by atoms with Crippen LogP contribution in [0, 0.1) is 5.92 Å².